The van der Waals surface area contributed by atoms with E-state index in [1.165, 1.54) is 122 Å². The van der Waals surface area contributed by atoms with Gasteiger partial charge in [-0.1, -0.05) is 153 Å². The van der Waals surface area contributed by atoms with Crippen molar-refractivity contribution in [2.45, 2.75) is 224 Å². The van der Waals surface area contributed by atoms with Gasteiger partial charge in [-0.2, -0.15) is 0 Å². The number of amides is 1. The van der Waals surface area contributed by atoms with Gasteiger partial charge in [0.15, 0.2) is 6.29 Å². The van der Waals surface area contributed by atoms with Crippen molar-refractivity contribution < 1.29 is 39.8 Å². The third-order valence-electron chi connectivity index (χ3n) is 10.2. The van der Waals surface area contributed by atoms with Crippen molar-refractivity contribution in [2.24, 2.45) is 0 Å². The van der Waals surface area contributed by atoms with Gasteiger partial charge in [0.1, 0.15) is 24.4 Å². The topological polar surface area (TPSA) is 149 Å². The normalized spacial score (nSPS) is 22.0. The highest BCUT2D eigenvalue weighted by Gasteiger charge is 2.44. The summed E-state index contributed by atoms with van der Waals surface area (Å²) in [5.74, 6) is -0.192. The quantitative estimate of drug-likeness (QED) is 0.0279. The molecule has 310 valence electrons. The van der Waals surface area contributed by atoms with Crippen molar-refractivity contribution >= 4 is 5.91 Å². The van der Waals surface area contributed by atoms with Crippen LogP contribution < -0.4 is 5.32 Å². The van der Waals surface area contributed by atoms with Gasteiger partial charge in [-0.3, -0.25) is 4.79 Å². The predicted octanol–water partition coefficient (Wildman–Crippen LogP) is 8.50. The van der Waals surface area contributed by atoms with Gasteiger partial charge in [0.2, 0.25) is 5.91 Å². The monoisotopic (exact) mass is 752 g/mol. The van der Waals surface area contributed by atoms with Crippen LogP contribution in [-0.2, 0) is 14.3 Å². The summed E-state index contributed by atoms with van der Waals surface area (Å²) in [5, 5.41) is 54.0. The Morgan fingerprint density at radius 3 is 1.58 bits per heavy atom. The molecule has 53 heavy (non-hydrogen) atoms. The molecule has 1 amide bonds. The van der Waals surface area contributed by atoms with Gasteiger partial charge in [0.25, 0.3) is 0 Å². The fraction of sp³-hybridized carbons (Fsp3) is 0.841. The van der Waals surface area contributed by atoms with E-state index in [0.29, 0.717) is 6.42 Å². The lowest BCUT2D eigenvalue weighted by Crippen LogP contribution is -2.60. The number of hydrogen-bond acceptors (Lipinski definition) is 8. The lowest BCUT2D eigenvalue weighted by atomic mass is 9.99. The second-order valence-corrected chi connectivity index (χ2v) is 15.1. The standard InChI is InChI=1S/C44H81NO8/c1-3-5-7-9-11-13-15-16-17-18-19-20-21-22-24-26-28-30-32-34-40(48)45-37(36-52-44-43(51)42(50)41(49)39(35-46)53-44)38(47)33-31-29-27-25-23-14-12-10-8-6-4-2/h16-17,23,25,31,33,37-39,41-44,46-47,49-51H,3-15,18-22,24,26-30,32,34-36H2,1-2H3,(H,45,48)/b17-16-,25-23+,33-31+. The molecule has 1 heterocycles. The average molecular weight is 752 g/mol. The Morgan fingerprint density at radius 1 is 0.623 bits per heavy atom. The predicted molar refractivity (Wildman–Crippen MR) is 216 cm³/mol. The molecule has 0 aromatic rings. The van der Waals surface area contributed by atoms with E-state index in [0.717, 1.165) is 38.5 Å². The summed E-state index contributed by atoms with van der Waals surface area (Å²) >= 11 is 0. The molecule has 0 spiro atoms. The van der Waals surface area contributed by atoms with Crippen molar-refractivity contribution in [1.82, 2.24) is 5.32 Å². The lowest BCUT2D eigenvalue weighted by Gasteiger charge is -2.40. The van der Waals surface area contributed by atoms with E-state index < -0.39 is 49.5 Å². The highest BCUT2D eigenvalue weighted by molar-refractivity contribution is 5.76. The molecule has 7 unspecified atom stereocenters. The van der Waals surface area contributed by atoms with Crippen LogP contribution in [0.2, 0.25) is 0 Å². The van der Waals surface area contributed by atoms with Crippen molar-refractivity contribution in [3.05, 3.63) is 36.5 Å². The number of hydrogen-bond donors (Lipinski definition) is 6. The summed E-state index contributed by atoms with van der Waals surface area (Å²) in [6.07, 6.45) is 34.8. The van der Waals surface area contributed by atoms with E-state index >= 15 is 0 Å². The van der Waals surface area contributed by atoms with Crippen molar-refractivity contribution in [2.75, 3.05) is 13.2 Å². The molecular weight excluding hydrogens is 670 g/mol. The maximum atomic E-state index is 12.9. The molecule has 1 aliphatic rings. The fourth-order valence-corrected chi connectivity index (χ4v) is 6.64. The number of carbonyl (C=O) groups is 1. The number of unbranched alkanes of at least 4 members (excludes halogenated alkanes) is 21. The molecule has 0 aliphatic carbocycles. The minimum absolute atomic E-state index is 0.192. The molecule has 1 aliphatic heterocycles. The first-order valence-electron chi connectivity index (χ1n) is 21.7. The van der Waals surface area contributed by atoms with Crippen LogP contribution in [0, 0.1) is 0 Å². The van der Waals surface area contributed by atoms with Crippen molar-refractivity contribution in [3.63, 3.8) is 0 Å². The van der Waals surface area contributed by atoms with Gasteiger partial charge in [-0.05, 0) is 57.8 Å². The fourth-order valence-electron chi connectivity index (χ4n) is 6.64. The van der Waals surface area contributed by atoms with E-state index in [1.807, 2.05) is 6.08 Å². The number of aliphatic hydroxyl groups is 5. The molecule has 6 N–H and O–H groups in total. The van der Waals surface area contributed by atoms with Gasteiger partial charge in [-0.15, -0.1) is 0 Å². The molecule has 0 radical (unpaired) electrons. The maximum Gasteiger partial charge on any atom is 0.220 e. The minimum Gasteiger partial charge on any atom is -0.394 e. The molecule has 9 heteroatoms. The minimum atomic E-state index is -1.57. The SMILES string of the molecule is CCCCCCC/C=C/CC/C=C/C(O)C(COC1OC(CO)C(O)C(O)C1O)NC(=O)CCCCCCCCCCC/C=C\CCCCCCCC. The van der Waals surface area contributed by atoms with Crippen molar-refractivity contribution in [3.8, 4) is 0 Å². The Labute approximate surface area is 323 Å². The first kappa shape index (κ1) is 49.4. The van der Waals surface area contributed by atoms with Crippen molar-refractivity contribution in [1.29, 1.82) is 0 Å². The van der Waals surface area contributed by atoms with Crippen LogP contribution in [0.1, 0.15) is 181 Å². The van der Waals surface area contributed by atoms with Crippen LogP contribution in [0.5, 0.6) is 0 Å². The first-order valence-corrected chi connectivity index (χ1v) is 21.7. The second-order valence-electron chi connectivity index (χ2n) is 15.1. The third-order valence-corrected chi connectivity index (χ3v) is 10.2. The number of allylic oxidation sites excluding steroid dienone is 5. The van der Waals surface area contributed by atoms with Gasteiger partial charge < -0.3 is 40.3 Å². The summed E-state index contributed by atoms with van der Waals surface area (Å²) in [6, 6.07) is -0.819. The third kappa shape index (κ3) is 26.0. The molecule has 0 saturated carbocycles. The van der Waals surface area contributed by atoms with Crippen LogP contribution in [0.25, 0.3) is 0 Å². The molecule has 0 aromatic heterocycles. The molecule has 1 saturated heterocycles. The lowest BCUT2D eigenvalue weighted by molar-refractivity contribution is -0.302. The van der Waals surface area contributed by atoms with Crippen LogP contribution in [0.15, 0.2) is 36.5 Å². The smallest absolute Gasteiger partial charge is 0.220 e. The number of aliphatic hydroxyl groups excluding tert-OH is 5. The molecule has 1 rings (SSSR count). The van der Waals surface area contributed by atoms with Crippen LogP contribution in [-0.4, -0.2) is 87.5 Å². The molecule has 9 nitrogen and oxygen atoms in total. The molecule has 7 atom stereocenters. The number of nitrogens with one attached hydrogen (secondary N) is 1. The zero-order valence-corrected chi connectivity index (χ0v) is 33.8. The van der Waals surface area contributed by atoms with Gasteiger partial charge in [-0.25, -0.2) is 0 Å². The van der Waals surface area contributed by atoms with E-state index in [2.05, 4.69) is 43.5 Å². The van der Waals surface area contributed by atoms with Crippen LogP contribution in [0.4, 0.5) is 0 Å². The first-order chi connectivity index (χ1) is 25.8. The number of rotatable bonds is 35. The van der Waals surface area contributed by atoms with Crippen LogP contribution >= 0.6 is 0 Å². The summed E-state index contributed by atoms with van der Waals surface area (Å²) in [4.78, 5) is 12.9. The zero-order valence-electron chi connectivity index (χ0n) is 33.8. The highest BCUT2D eigenvalue weighted by atomic mass is 16.7. The Morgan fingerprint density at radius 2 is 1.08 bits per heavy atom. The molecule has 0 aromatic carbocycles. The summed E-state index contributed by atoms with van der Waals surface area (Å²) in [6.45, 7) is 3.71. The maximum absolute atomic E-state index is 12.9. The highest BCUT2D eigenvalue weighted by Crippen LogP contribution is 2.22. The van der Waals surface area contributed by atoms with E-state index in [4.69, 9.17) is 9.47 Å². The molecular formula is C44H81NO8. The van der Waals surface area contributed by atoms with Gasteiger partial charge >= 0.3 is 0 Å². The Kier molecular flexibility index (Phi) is 32.5. The Bertz CT molecular complexity index is 925. The molecule has 1 fully saturated rings. The van der Waals surface area contributed by atoms with Gasteiger partial charge in [0.05, 0.1) is 25.4 Å². The second kappa shape index (κ2) is 34.9. The van der Waals surface area contributed by atoms with Crippen LogP contribution in [0.3, 0.4) is 0 Å². The van der Waals surface area contributed by atoms with E-state index in [9.17, 15) is 30.3 Å². The Balaban J connectivity index is 2.36. The number of carbonyl (C=O) groups excluding carboxylic acids is 1. The van der Waals surface area contributed by atoms with E-state index in [-0.39, 0.29) is 12.5 Å². The summed E-state index contributed by atoms with van der Waals surface area (Å²) in [7, 11) is 0. The van der Waals surface area contributed by atoms with E-state index in [1.54, 1.807) is 6.08 Å². The summed E-state index contributed by atoms with van der Waals surface area (Å²) < 4.78 is 11.2. The Hall–Kier alpha value is -1.59. The zero-order chi connectivity index (χ0) is 38.8. The average Bonchev–Trinajstić information content (AvgIpc) is 3.16. The molecule has 0 bridgehead atoms. The number of ether oxygens (including phenoxy) is 2. The summed E-state index contributed by atoms with van der Waals surface area (Å²) in [5.41, 5.74) is 0. The largest absolute Gasteiger partial charge is 0.394 e. The van der Waals surface area contributed by atoms with Gasteiger partial charge in [0, 0.05) is 6.42 Å².